The average Bonchev–Trinajstić information content (AvgIpc) is 3.88. The molecule has 0 radical (unpaired) electrons. The van der Waals surface area contributed by atoms with Gasteiger partial charge in [-0.3, -0.25) is 4.57 Å². The molecule has 0 bridgehead atoms. The van der Waals surface area contributed by atoms with E-state index in [-0.39, 0.29) is 0 Å². The average molecular weight is 765 g/mol. The quantitative estimate of drug-likeness (QED) is 0.179. The summed E-state index contributed by atoms with van der Waals surface area (Å²) in [5.74, 6) is 1.71. The highest BCUT2D eigenvalue weighted by atomic mass is 16.3. The molecule has 278 valence electrons. The SMILES string of the molecule is c1cc(-c2nc(-c3cccc4oc5c6ccccc6ccc5c34)nc(-n3c4c5ccccc5ccc4c4ccc5ccccc5c43)n2)cc(-c2cccc3ccccc23)c1. The molecule has 0 aliphatic carbocycles. The molecule has 60 heavy (non-hydrogen) atoms. The topological polar surface area (TPSA) is 56.7 Å². The molecule has 3 aromatic heterocycles. The number of benzene rings is 10. The zero-order valence-corrected chi connectivity index (χ0v) is 32.2. The van der Waals surface area contributed by atoms with Crippen LogP contribution in [0, 0.1) is 0 Å². The summed E-state index contributed by atoms with van der Waals surface area (Å²) in [4.78, 5) is 16.4. The lowest BCUT2D eigenvalue weighted by molar-refractivity contribution is 0.672. The molecule has 0 saturated heterocycles. The van der Waals surface area contributed by atoms with E-state index in [1.54, 1.807) is 0 Å². The molecule has 3 heterocycles. The van der Waals surface area contributed by atoms with Crippen molar-refractivity contribution in [3.05, 3.63) is 194 Å². The van der Waals surface area contributed by atoms with Gasteiger partial charge in [-0.2, -0.15) is 9.97 Å². The second-order valence-corrected chi connectivity index (χ2v) is 15.5. The van der Waals surface area contributed by atoms with Crippen molar-refractivity contribution in [3.8, 4) is 39.9 Å². The third-order valence-electron chi connectivity index (χ3n) is 12.2. The van der Waals surface area contributed by atoms with Crippen molar-refractivity contribution in [1.29, 1.82) is 0 Å². The molecular weight excluding hydrogens is 733 g/mol. The minimum Gasteiger partial charge on any atom is -0.455 e. The van der Waals surface area contributed by atoms with Crippen molar-refractivity contribution in [1.82, 2.24) is 19.5 Å². The highest BCUT2D eigenvalue weighted by molar-refractivity contribution is 6.24. The van der Waals surface area contributed by atoms with Crippen LogP contribution in [0.2, 0.25) is 0 Å². The monoisotopic (exact) mass is 764 g/mol. The Kier molecular flexibility index (Phi) is 6.95. The van der Waals surface area contributed by atoms with Gasteiger partial charge in [-0.1, -0.05) is 176 Å². The Morgan fingerprint density at radius 2 is 0.867 bits per heavy atom. The summed E-state index contributed by atoms with van der Waals surface area (Å²) in [5, 5.41) is 13.5. The summed E-state index contributed by atoms with van der Waals surface area (Å²) in [6, 6.07) is 68.6. The van der Waals surface area contributed by atoms with Crippen LogP contribution >= 0.6 is 0 Å². The van der Waals surface area contributed by atoms with Crippen molar-refractivity contribution in [2.45, 2.75) is 0 Å². The molecule has 0 amide bonds. The van der Waals surface area contributed by atoms with Gasteiger partial charge in [0, 0.05) is 48.8 Å². The number of rotatable bonds is 4. The molecular formula is C55H32N4O. The first-order valence-corrected chi connectivity index (χ1v) is 20.3. The van der Waals surface area contributed by atoms with Crippen LogP contribution in [0.3, 0.4) is 0 Å². The maximum Gasteiger partial charge on any atom is 0.238 e. The standard InChI is InChI=1S/C55H32N4O/c1-5-19-39-33(12-1)16-10-23-40(39)37-17-9-18-38(32-37)53-56-54(47-24-11-25-48-49(47)46-31-28-36-15-4-8-22-43(36)52(46)60-48)58-55(57-53)59-50-41-20-6-2-13-34(41)26-29-44(50)45-30-27-35-14-3-7-21-42(35)51(45)59/h1-32H. The zero-order valence-electron chi connectivity index (χ0n) is 32.2. The highest BCUT2D eigenvalue weighted by Crippen LogP contribution is 2.42. The Balaban J connectivity index is 1.15. The molecule has 0 saturated carbocycles. The molecule has 0 unspecified atom stereocenters. The normalized spacial score (nSPS) is 12.0. The molecule has 13 rings (SSSR count). The number of aromatic nitrogens is 4. The van der Waals surface area contributed by atoms with Crippen LogP contribution in [0.15, 0.2) is 199 Å². The molecule has 13 aromatic rings. The van der Waals surface area contributed by atoms with E-state index < -0.39 is 0 Å². The van der Waals surface area contributed by atoms with Crippen LogP contribution in [0.4, 0.5) is 0 Å². The van der Waals surface area contributed by atoms with E-state index in [0.717, 1.165) is 98.3 Å². The molecule has 0 aliphatic rings. The predicted octanol–water partition coefficient (Wildman–Crippen LogP) is 14.5. The number of hydrogen-bond acceptors (Lipinski definition) is 4. The largest absolute Gasteiger partial charge is 0.455 e. The van der Waals surface area contributed by atoms with Crippen molar-refractivity contribution in [2.75, 3.05) is 0 Å². The number of fused-ring (bicyclic) bond motifs is 13. The highest BCUT2D eigenvalue weighted by Gasteiger charge is 2.23. The molecule has 5 heteroatoms. The fraction of sp³-hybridized carbons (Fsp3) is 0. The number of nitrogens with zero attached hydrogens (tertiary/aromatic N) is 4. The maximum atomic E-state index is 6.68. The fourth-order valence-electron chi connectivity index (χ4n) is 9.50. The minimum absolute atomic E-state index is 0.550. The Morgan fingerprint density at radius 1 is 0.350 bits per heavy atom. The first-order valence-electron chi connectivity index (χ1n) is 20.3. The molecule has 0 aliphatic heterocycles. The van der Waals surface area contributed by atoms with Gasteiger partial charge < -0.3 is 4.42 Å². The minimum atomic E-state index is 0.550. The Hall–Kier alpha value is -8.15. The lowest BCUT2D eigenvalue weighted by Crippen LogP contribution is -2.07. The van der Waals surface area contributed by atoms with Gasteiger partial charge in [0.1, 0.15) is 11.2 Å². The first kappa shape index (κ1) is 32.9. The maximum absolute atomic E-state index is 6.68. The van der Waals surface area contributed by atoms with Crippen molar-refractivity contribution in [2.24, 2.45) is 0 Å². The van der Waals surface area contributed by atoms with Crippen LogP contribution in [-0.2, 0) is 0 Å². The Bertz CT molecular complexity index is 3820. The third-order valence-corrected chi connectivity index (χ3v) is 12.2. The van der Waals surface area contributed by atoms with E-state index >= 15 is 0 Å². The number of furan rings is 1. The first-order chi connectivity index (χ1) is 29.7. The number of hydrogen-bond donors (Lipinski definition) is 0. The Morgan fingerprint density at radius 3 is 1.58 bits per heavy atom. The molecule has 10 aromatic carbocycles. The smallest absolute Gasteiger partial charge is 0.238 e. The molecule has 0 atom stereocenters. The van der Waals surface area contributed by atoms with Gasteiger partial charge in [0.15, 0.2) is 11.6 Å². The van der Waals surface area contributed by atoms with Crippen molar-refractivity contribution >= 4 is 86.8 Å². The van der Waals surface area contributed by atoms with Gasteiger partial charge in [0.05, 0.1) is 11.0 Å². The van der Waals surface area contributed by atoms with Gasteiger partial charge in [-0.15, -0.1) is 0 Å². The van der Waals surface area contributed by atoms with Gasteiger partial charge in [-0.05, 0) is 56.3 Å². The molecule has 5 nitrogen and oxygen atoms in total. The summed E-state index contributed by atoms with van der Waals surface area (Å²) in [6.07, 6.45) is 0. The fourth-order valence-corrected chi connectivity index (χ4v) is 9.50. The van der Waals surface area contributed by atoms with Crippen LogP contribution in [0.1, 0.15) is 0 Å². The molecule has 0 spiro atoms. The van der Waals surface area contributed by atoms with Crippen LogP contribution in [0.25, 0.3) is 127 Å². The van der Waals surface area contributed by atoms with Gasteiger partial charge in [0.25, 0.3) is 0 Å². The summed E-state index contributed by atoms with van der Waals surface area (Å²) in [5.41, 5.74) is 7.80. The van der Waals surface area contributed by atoms with E-state index in [1.807, 2.05) is 12.1 Å². The van der Waals surface area contributed by atoms with E-state index in [4.69, 9.17) is 19.4 Å². The summed E-state index contributed by atoms with van der Waals surface area (Å²) < 4.78 is 8.96. The molecule has 0 fully saturated rings. The van der Waals surface area contributed by atoms with Gasteiger partial charge in [0.2, 0.25) is 5.95 Å². The van der Waals surface area contributed by atoms with Crippen LogP contribution in [0.5, 0.6) is 0 Å². The summed E-state index contributed by atoms with van der Waals surface area (Å²) in [6.45, 7) is 0. The Labute approximate surface area is 343 Å². The summed E-state index contributed by atoms with van der Waals surface area (Å²) in [7, 11) is 0. The predicted molar refractivity (Wildman–Crippen MR) is 248 cm³/mol. The second kappa shape index (κ2) is 12.7. The third kappa shape index (κ3) is 4.84. The van der Waals surface area contributed by atoms with Crippen LogP contribution in [-0.4, -0.2) is 19.5 Å². The second-order valence-electron chi connectivity index (χ2n) is 15.5. The lowest BCUT2D eigenvalue weighted by atomic mass is 9.97. The van der Waals surface area contributed by atoms with E-state index in [2.05, 4.69) is 187 Å². The van der Waals surface area contributed by atoms with E-state index in [1.165, 1.54) is 10.8 Å². The lowest BCUT2D eigenvalue weighted by Gasteiger charge is -2.14. The van der Waals surface area contributed by atoms with E-state index in [9.17, 15) is 0 Å². The zero-order chi connectivity index (χ0) is 39.3. The van der Waals surface area contributed by atoms with E-state index in [0.29, 0.717) is 17.6 Å². The van der Waals surface area contributed by atoms with Crippen LogP contribution < -0.4 is 0 Å². The van der Waals surface area contributed by atoms with Crippen molar-refractivity contribution < 1.29 is 4.42 Å². The van der Waals surface area contributed by atoms with Gasteiger partial charge >= 0.3 is 0 Å². The summed E-state index contributed by atoms with van der Waals surface area (Å²) >= 11 is 0. The molecule has 0 N–H and O–H groups in total. The van der Waals surface area contributed by atoms with Crippen molar-refractivity contribution in [3.63, 3.8) is 0 Å². The van der Waals surface area contributed by atoms with Gasteiger partial charge in [-0.25, -0.2) is 4.98 Å².